The van der Waals surface area contributed by atoms with E-state index in [0.29, 0.717) is 9.47 Å². The standard InChI is InChI=1S/C10H12N4O2S3/c1-10(2,7-11-3-4-17-7)12-8-13-14-9(19-8)18-5-6(15)16/h3-4H,5H2,1-2H3,(H,12,13)(H,15,16). The molecule has 0 aromatic carbocycles. The van der Waals surface area contributed by atoms with E-state index < -0.39 is 5.97 Å². The Bertz CT molecular complexity index is 553. The second-order valence-corrected chi connectivity index (χ2v) is 7.24. The minimum absolute atomic E-state index is 0.00942. The van der Waals surface area contributed by atoms with Crippen molar-refractivity contribution in [3.05, 3.63) is 16.6 Å². The Morgan fingerprint density at radius 2 is 2.32 bits per heavy atom. The largest absolute Gasteiger partial charge is 0.481 e. The quantitative estimate of drug-likeness (QED) is 0.792. The van der Waals surface area contributed by atoms with Crippen molar-refractivity contribution < 1.29 is 9.90 Å². The zero-order valence-electron chi connectivity index (χ0n) is 10.3. The zero-order chi connectivity index (χ0) is 13.9. The maximum absolute atomic E-state index is 10.5. The average Bonchev–Trinajstić information content (AvgIpc) is 2.96. The summed E-state index contributed by atoms with van der Waals surface area (Å²) in [7, 11) is 0. The van der Waals surface area contributed by atoms with Gasteiger partial charge < -0.3 is 10.4 Å². The molecule has 0 bridgehead atoms. The van der Waals surface area contributed by atoms with Crippen LogP contribution >= 0.6 is 34.4 Å². The van der Waals surface area contributed by atoms with Gasteiger partial charge in [-0.3, -0.25) is 4.79 Å². The number of anilines is 1. The Balaban J connectivity index is 2.01. The molecule has 6 nitrogen and oxygen atoms in total. The van der Waals surface area contributed by atoms with E-state index in [0.717, 1.165) is 5.01 Å². The maximum atomic E-state index is 10.5. The van der Waals surface area contributed by atoms with Gasteiger partial charge in [-0.05, 0) is 13.8 Å². The molecule has 2 heterocycles. The molecular formula is C10H12N4O2S3. The van der Waals surface area contributed by atoms with Gasteiger partial charge in [0.25, 0.3) is 0 Å². The summed E-state index contributed by atoms with van der Waals surface area (Å²) < 4.78 is 0.639. The van der Waals surface area contributed by atoms with Crippen LogP contribution in [0.5, 0.6) is 0 Å². The first kappa shape index (κ1) is 14.2. The third kappa shape index (κ3) is 3.88. The lowest BCUT2D eigenvalue weighted by atomic mass is 10.1. The number of aliphatic carboxylic acids is 1. The van der Waals surface area contributed by atoms with E-state index in [1.165, 1.54) is 23.1 Å². The number of nitrogens with one attached hydrogen (secondary N) is 1. The number of nitrogens with zero attached hydrogens (tertiary/aromatic N) is 3. The van der Waals surface area contributed by atoms with Crippen LogP contribution in [0.1, 0.15) is 18.9 Å². The van der Waals surface area contributed by atoms with Crippen LogP contribution in [0.3, 0.4) is 0 Å². The predicted octanol–water partition coefficient (Wildman–Crippen LogP) is 2.52. The topological polar surface area (TPSA) is 88.0 Å². The van der Waals surface area contributed by atoms with Gasteiger partial charge in [0.05, 0.1) is 11.3 Å². The third-order valence-corrected chi connectivity index (χ3v) is 5.17. The molecule has 0 spiro atoms. The summed E-state index contributed by atoms with van der Waals surface area (Å²) in [5, 5.41) is 23.4. The van der Waals surface area contributed by atoms with E-state index in [9.17, 15) is 4.79 Å². The highest BCUT2D eigenvalue weighted by atomic mass is 32.2. The van der Waals surface area contributed by atoms with Crippen molar-refractivity contribution in [1.29, 1.82) is 0 Å². The molecule has 0 fully saturated rings. The van der Waals surface area contributed by atoms with Gasteiger partial charge in [0, 0.05) is 11.6 Å². The van der Waals surface area contributed by atoms with Gasteiger partial charge in [-0.1, -0.05) is 23.1 Å². The molecule has 0 unspecified atom stereocenters. The lowest BCUT2D eigenvalue weighted by Gasteiger charge is -2.22. The van der Waals surface area contributed by atoms with Crippen LogP contribution in [0.4, 0.5) is 5.13 Å². The molecule has 9 heteroatoms. The van der Waals surface area contributed by atoms with E-state index in [-0.39, 0.29) is 11.3 Å². The number of carbonyl (C=O) groups is 1. The smallest absolute Gasteiger partial charge is 0.313 e. The molecule has 0 aliphatic rings. The van der Waals surface area contributed by atoms with Gasteiger partial charge in [-0.25, -0.2) is 4.98 Å². The third-order valence-electron chi connectivity index (χ3n) is 2.11. The molecule has 2 N–H and O–H groups in total. The molecule has 0 aliphatic carbocycles. The van der Waals surface area contributed by atoms with Crippen LogP contribution in [0.15, 0.2) is 15.9 Å². The van der Waals surface area contributed by atoms with Crippen LogP contribution in [0, 0.1) is 0 Å². The van der Waals surface area contributed by atoms with Gasteiger partial charge in [-0.15, -0.1) is 21.5 Å². The Labute approximate surface area is 122 Å². The summed E-state index contributed by atoms with van der Waals surface area (Å²) in [5.74, 6) is -0.873. The van der Waals surface area contributed by atoms with E-state index in [1.54, 1.807) is 17.5 Å². The van der Waals surface area contributed by atoms with E-state index in [1.807, 2.05) is 19.2 Å². The Morgan fingerprint density at radius 3 is 2.95 bits per heavy atom. The van der Waals surface area contributed by atoms with Gasteiger partial charge in [0.1, 0.15) is 5.01 Å². The number of carboxylic acid groups (broad SMARTS) is 1. The van der Waals surface area contributed by atoms with Crippen molar-refractivity contribution >= 4 is 45.5 Å². The summed E-state index contributed by atoms with van der Waals surface area (Å²) >= 11 is 4.08. The van der Waals surface area contributed by atoms with Crippen LogP contribution in [0.25, 0.3) is 0 Å². The molecule has 0 radical (unpaired) electrons. The van der Waals surface area contributed by atoms with Gasteiger partial charge in [0.15, 0.2) is 4.34 Å². The van der Waals surface area contributed by atoms with Crippen LogP contribution in [0.2, 0.25) is 0 Å². The number of carboxylic acids is 1. The highest BCUT2D eigenvalue weighted by Crippen LogP contribution is 2.31. The monoisotopic (exact) mass is 316 g/mol. The van der Waals surface area contributed by atoms with Gasteiger partial charge in [-0.2, -0.15) is 0 Å². The number of hydrogen-bond acceptors (Lipinski definition) is 8. The fourth-order valence-corrected chi connectivity index (χ4v) is 3.64. The molecule has 0 saturated carbocycles. The molecule has 19 heavy (non-hydrogen) atoms. The average molecular weight is 316 g/mol. The zero-order valence-corrected chi connectivity index (χ0v) is 12.7. The fourth-order valence-electron chi connectivity index (χ4n) is 1.30. The second kappa shape index (κ2) is 5.85. The highest BCUT2D eigenvalue weighted by Gasteiger charge is 2.24. The number of rotatable bonds is 6. The van der Waals surface area contributed by atoms with Crippen LogP contribution < -0.4 is 5.32 Å². The number of thioether (sulfide) groups is 1. The van der Waals surface area contributed by atoms with E-state index >= 15 is 0 Å². The maximum Gasteiger partial charge on any atom is 0.313 e. The Hall–Kier alpha value is -1.19. The molecule has 0 aliphatic heterocycles. The lowest BCUT2D eigenvalue weighted by molar-refractivity contribution is -0.133. The van der Waals surface area contributed by atoms with Crippen molar-refractivity contribution in [2.75, 3.05) is 11.1 Å². The summed E-state index contributed by atoms with van der Waals surface area (Å²) in [6.45, 7) is 4.02. The highest BCUT2D eigenvalue weighted by molar-refractivity contribution is 8.01. The first-order chi connectivity index (χ1) is 8.97. The van der Waals surface area contributed by atoms with Crippen molar-refractivity contribution in [3.63, 3.8) is 0 Å². The summed E-state index contributed by atoms with van der Waals surface area (Å²) in [6, 6.07) is 0. The first-order valence-corrected chi connectivity index (χ1v) is 8.02. The minimum Gasteiger partial charge on any atom is -0.481 e. The molecule has 2 aromatic rings. The van der Waals surface area contributed by atoms with Crippen LogP contribution in [-0.4, -0.2) is 32.0 Å². The summed E-state index contributed by atoms with van der Waals surface area (Å²) in [4.78, 5) is 14.8. The molecule has 2 rings (SSSR count). The fraction of sp³-hybridized carbons (Fsp3) is 0.400. The molecular weight excluding hydrogens is 304 g/mol. The SMILES string of the molecule is CC(C)(Nc1nnc(SCC(=O)O)s1)c1nccs1. The molecule has 0 amide bonds. The Kier molecular flexibility index (Phi) is 4.38. The number of aromatic nitrogens is 3. The molecule has 0 saturated heterocycles. The first-order valence-electron chi connectivity index (χ1n) is 5.33. The lowest BCUT2D eigenvalue weighted by Crippen LogP contribution is -2.27. The van der Waals surface area contributed by atoms with Crippen molar-refractivity contribution in [2.24, 2.45) is 0 Å². The van der Waals surface area contributed by atoms with E-state index in [4.69, 9.17) is 5.11 Å². The van der Waals surface area contributed by atoms with Crippen LogP contribution in [-0.2, 0) is 10.3 Å². The number of thiazole rings is 1. The van der Waals surface area contributed by atoms with Crippen molar-refractivity contribution in [2.45, 2.75) is 23.7 Å². The number of hydrogen-bond donors (Lipinski definition) is 2. The predicted molar refractivity (Wildman–Crippen MR) is 77.0 cm³/mol. The molecule has 102 valence electrons. The minimum atomic E-state index is -0.863. The second-order valence-electron chi connectivity index (χ2n) is 4.14. The van der Waals surface area contributed by atoms with Gasteiger partial charge in [0.2, 0.25) is 5.13 Å². The summed E-state index contributed by atoms with van der Waals surface area (Å²) in [5.41, 5.74) is -0.331. The normalized spacial score (nSPS) is 11.5. The Morgan fingerprint density at radius 1 is 1.53 bits per heavy atom. The molecule has 2 aromatic heterocycles. The van der Waals surface area contributed by atoms with E-state index in [2.05, 4.69) is 20.5 Å². The van der Waals surface area contributed by atoms with Crippen molar-refractivity contribution in [3.8, 4) is 0 Å². The van der Waals surface area contributed by atoms with Gasteiger partial charge >= 0.3 is 5.97 Å². The van der Waals surface area contributed by atoms with Crippen molar-refractivity contribution in [1.82, 2.24) is 15.2 Å². The molecule has 0 atom stereocenters. The summed E-state index contributed by atoms with van der Waals surface area (Å²) in [6.07, 6.45) is 1.76.